The number of nitrogens with zero attached hydrogens (tertiary/aromatic N) is 2. The molecule has 0 spiro atoms. The quantitative estimate of drug-likeness (QED) is 0.804. The lowest BCUT2D eigenvalue weighted by atomic mass is 10.1. The number of carbonyl (C=O) groups is 1. The van der Waals surface area contributed by atoms with Crippen molar-refractivity contribution in [1.29, 1.82) is 0 Å². The molecular formula is C14H21N3O. The number of carbonyl (C=O) groups excluding carboxylic acids is 1. The van der Waals surface area contributed by atoms with Gasteiger partial charge in [-0.05, 0) is 26.0 Å². The average molecular weight is 247 g/mol. The van der Waals surface area contributed by atoms with Crippen molar-refractivity contribution < 1.29 is 4.79 Å². The average Bonchev–Trinajstić information content (AvgIpc) is 2.38. The normalized spacial score (nSPS) is 17.2. The van der Waals surface area contributed by atoms with Crippen LogP contribution < -0.4 is 5.73 Å². The van der Waals surface area contributed by atoms with E-state index < -0.39 is 0 Å². The highest BCUT2D eigenvalue weighted by atomic mass is 16.2. The molecule has 0 unspecified atom stereocenters. The van der Waals surface area contributed by atoms with E-state index in [0.717, 1.165) is 26.2 Å². The first-order valence-corrected chi connectivity index (χ1v) is 6.47. The van der Waals surface area contributed by atoms with Gasteiger partial charge < -0.3 is 10.6 Å². The van der Waals surface area contributed by atoms with Crippen molar-refractivity contribution in [2.75, 3.05) is 31.9 Å². The molecule has 4 nitrogen and oxygen atoms in total. The highest BCUT2D eigenvalue weighted by molar-refractivity contribution is 5.99. The van der Waals surface area contributed by atoms with Crippen LogP contribution in [0.4, 0.5) is 5.69 Å². The number of rotatable bonds is 2. The lowest BCUT2D eigenvalue weighted by molar-refractivity contribution is 0.0596. The number of nitrogen functional groups attached to an aromatic ring is 1. The van der Waals surface area contributed by atoms with E-state index >= 15 is 0 Å². The van der Waals surface area contributed by atoms with Gasteiger partial charge in [0, 0.05) is 37.9 Å². The number of piperazine rings is 1. The van der Waals surface area contributed by atoms with Crippen molar-refractivity contribution >= 4 is 11.6 Å². The summed E-state index contributed by atoms with van der Waals surface area (Å²) in [4.78, 5) is 16.6. The van der Waals surface area contributed by atoms with Gasteiger partial charge in [0.15, 0.2) is 0 Å². The molecule has 1 aliphatic rings. The Labute approximate surface area is 108 Å². The molecule has 0 saturated carbocycles. The van der Waals surface area contributed by atoms with E-state index in [-0.39, 0.29) is 5.91 Å². The molecule has 1 aliphatic heterocycles. The van der Waals surface area contributed by atoms with Gasteiger partial charge in [-0.2, -0.15) is 0 Å². The van der Waals surface area contributed by atoms with Gasteiger partial charge in [-0.15, -0.1) is 0 Å². The Hall–Kier alpha value is -1.55. The summed E-state index contributed by atoms with van der Waals surface area (Å²) in [5.74, 6) is 0.0523. The monoisotopic (exact) mass is 247 g/mol. The van der Waals surface area contributed by atoms with E-state index in [1.807, 2.05) is 17.0 Å². The van der Waals surface area contributed by atoms with E-state index in [9.17, 15) is 4.79 Å². The lowest BCUT2D eigenvalue weighted by Gasteiger charge is -2.37. The molecule has 1 saturated heterocycles. The maximum Gasteiger partial charge on any atom is 0.256 e. The number of hydrogen-bond acceptors (Lipinski definition) is 3. The number of hydrogen-bond donors (Lipinski definition) is 1. The largest absolute Gasteiger partial charge is 0.398 e. The number of amides is 1. The molecule has 98 valence electrons. The molecule has 2 N–H and O–H groups in total. The number of nitrogens with two attached hydrogens (primary N) is 1. The molecule has 1 fully saturated rings. The maximum atomic E-state index is 12.3. The minimum Gasteiger partial charge on any atom is -0.398 e. The first-order chi connectivity index (χ1) is 8.59. The van der Waals surface area contributed by atoms with Crippen molar-refractivity contribution in [2.45, 2.75) is 19.9 Å². The number of anilines is 1. The zero-order chi connectivity index (χ0) is 13.1. The summed E-state index contributed by atoms with van der Waals surface area (Å²) in [6.07, 6.45) is 0. The molecular weight excluding hydrogens is 226 g/mol. The minimum absolute atomic E-state index is 0.0523. The SMILES string of the molecule is CC(C)N1CCN(C(=O)c2ccccc2N)CC1. The third-order valence-corrected chi connectivity index (χ3v) is 3.52. The van der Waals surface area contributed by atoms with Crippen LogP contribution in [-0.4, -0.2) is 47.9 Å². The van der Waals surface area contributed by atoms with Gasteiger partial charge in [0.05, 0.1) is 5.56 Å². The van der Waals surface area contributed by atoms with Crippen molar-refractivity contribution in [1.82, 2.24) is 9.80 Å². The molecule has 0 radical (unpaired) electrons. The van der Waals surface area contributed by atoms with Gasteiger partial charge in [0.1, 0.15) is 0 Å². The molecule has 4 heteroatoms. The van der Waals surface area contributed by atoms with Crippen LogP contribution in [0.25, 0.3) is 0 Å². The second-order valence-corrected chi connectivity index (χ2v) is 5.01. The molecule has 0 aliphatic carbocycles. The highest BCUT2D eigenvalue weighted by Crippen LogP contribution is 2.15. The number of para-hydroxylation sites is 1. The van der Waals surface area contributed by atoms with Gasteiger partial charge in [0.2, 0.25) is 0 Å². The van der Waals surface area contributed by atoms with Crippen LogP contribution >= 0.6 is 0 Å². The first kappa shape index (κ1) is 12.9. The third-order valence-electron chi connectivity index (χ3n) is 3.52. The number of benzene rings is 1. The van der Waals surface area contributed by atoms with Crippen molar-refractivity contribution in [3.05, 3.63) is 29.8 Å². The van der Waals surface area contributed by atoms with Gasteiger partial charge >= 0.3 is 0 Å². The molecule has 0 atom stereocenters. The van der Waals surface area contributed by atoms with Gasteiger partial charge in [-0.3, -0.25) is 9.69 Å². The van der Waals surface area contributed by atoms with Gasteiger partial charge in [0.25, 0.3) is 5.91 Å². The molecule has 0 aromatic heterocycles. The van der Waals surface area contributed by atoms with E-state index in [2.05, 4.69) is 18.7 Å². The van der Waals surface area contributed by atoms with Crippen LogP contribution in [0.15, 0.2) is 24.3 Å². The van der Waals surface area contributed by atoms with E-state index in [1.165, 1.54) is 0 Å². The van der Waals surface area contributed by atoms with Crippen molar-refractivity contribution in [3.8, 4) is 0 Å². The Balaban J connectivity index is 2.02. The predicted octanol–water partition coefficient (Wildman–Crippen LogP) is 1.44. The Bertz CT molecular complexity index is 423. The fraction of sp³-hybridized carbons (Fsp3) is 0.500. The summed E-state index contributed by atoms with van der Waals surface area (Å²) in [6, 6.07) is 7.82. The summed E-state index contributed by atoms with van der Waals surface area (Å²) < 4.78 is 0. The fourth-order valence-electron chi connectivity index (χ4n) is 2.30. The fourth-order valence-corrected chi connectivity index (χ4v) is 2.30. The lowest BCUT2D eigenvalue weighted by Crippen LogP contribution is -2.50. The zero-order valence-electron chi connectivity index (χ0n) is 11.1. The molecule has 0 bridgehead atoms. The van der Waals surface area contributed by atoms with Gasteiger partial charge in [-0.25, -0.2) is 0 Å². The Kier molecular flexibility index (Phi) is 3.87. The van der Waals surface area contributed by atoms with E-state index in [1.54, 1.807) is 12.1 Å². The molecule has 1 amide bonds. The van der Waals surface area contributed by atoms with Crippen LogP contribution in [0.3, 0.4) is 0 Å². The second-order valence-electron chi connectivity index (χ2n) is 5.01. The summed E-state index contributed by atoms with van der Waals surface area (Å²) >= 11 is 0. The van der Waals surface area contributed by atoms with Crippen LogP contribution in [0, 0.1) is 0 Å². The maximum absolute atomic E-state index is 12.3. The van der Waals surface area contributed by atoms with E-state index in [0.29, 0.717) is 17.3 Å². The smallest absolute Gasteiger partial charge is 0.256 e. The van der Waals surface area contributed by atoms with Crippen LogP contribution in [0.1, 0.15) is 24.2 Å². The third kappa shape index (κ3) is 2.64. The highest BCUT2D eigenvalue weighted by Gasteiger charge is 2.23. The molecule has 1 heterocycles. The Morgan fingerprint density at radius 3 is 2.33 bits per heavy atom. The summed E-state index contributed by atoms with van der Waals surface area (Å²) in [6.45, 7) is 7.82. The summed E-state index contributed by atoms with van der Waals surface area (Å²) in [7, 11) is 0. The van der Waals surface area contributed by atoms with Crippen molar-refractivity contribution in [3.63, 3.8) is 0 Å². The summed E-state index contributed by atoms with van der Waals surface area (Å²) in [5, 5.41) is 0. The first-order valence-electron chi connectivity index (χ1n) is 6.47. The zero-order valence-corrected chi connectivity index (χ0v) is 11.1. The molecule has 2 rings (SSSR count). The second kappa shape index (κ2) is 5.40. The Morgan fingerprint density at radius 2 is 1.78 bits per heavy atom. The van der Waals surface area contributed by atoms with E-state index in [4.69, 9.17) is 5.73 Å². The standard InChI is InChI=1S/C14H21N3O/c1-11(2)16-7-9-17(10-8-16)14(18)12-5-3-4-6-13(12)15/h3-6,11H,7-10,15H2,1-2H3. The summed E-state index contributed by atoms with van der Waals surface area (Å²) in [5.41, 5.74) is 7.03. The van der Waals surface area contributed by atoms with Gasteiger partial charge in [-0.1, -0.05) is 12.1 Å². The molecule has 1 aromatic carbocycles. The Morgan fingerprint density at radius 1 is 1.17 bits per heavy atom. The van der Waals surface area contributed by atoms with Crippen LogP contribution in [-0.2, 0) is 0 Å². The van der Waals surface area contributed by atoms with Crippen molar-refractivity contribution in [2.24, 2.45) is 0 Å². The predicted molar refractivity (Wildman–Crippen MR) is 73.5 cm³/mol. The van der Waals surface area contributed by atoms with Crippen LogP contribution in [0.2, 0.25) is 0 Å². The molecule has 18 heavy (non-hydrogen) atoms. The van der Waals surface area contributed by atoms with Crippen LogP contribution in [0.5, 0.6) is 0 Å². The topological polar surface area (TPSA) is 49.6 Å². The minimum atomic E-state index is 0.0523. The molecule has 1 aromatic rings.